The van der Waals surface area contributed by atoms with Crippen LogP contribution in [0.15, 0.2) is 0 Å². The second-order valence-electron chi connectivity index (χ2n) is 5.81. The Labute approximate surface area is 101 Å². The van der Waals surface area contributed by atoms with Gasteiger partial charge in [-0.1, -0.05) is 26.7 Å². The maximum atomic E-state index is 3.47. The van der Waals surface area contributed by atoms with Crippen molar-refractivity contribution in [3.8, 4) is 0 Å². The Morgan fingerprint density at radius 3 is 2.88 bits per heavy atom. The van der Waals surface area contributed by atoms with Crippen LogP contribution < -0.4 is 5.32 Å². The smallest absolute Gasteiger partial charge is 0.0124 e. The van der Waals surface area contributed by atoms with E-state index in [1.807, 2.05) is 0 Å². The molecule has 0 spiro atoms. The van der Waals surface area contributed by atoms with Crippen LogP contribution >= 0.6 is 0 Å². The highest BCUT2D eigenvalue weighted by atomic mass is 15.2. The monoisotopic (exact) mass is 224 g/mol. The highest BCUT2D eigenvalue weighted by molar-refractivity contribution is 4.90. The van der Waals surface area contributed by atoms with Crippen molar-refractivity contribution in [2.45, 2.75) is 52.0 Å². The molecule has 3 unspecified atom stereocenters. The lowest BCUT2D eigenvalue weighted by atomic mass is 9.85. The van der Waals surface area contributed by atoms with Gasteiger partial charge in [-0.05, 0) is 50.7 Å². The average Bonchev–Trinajstić information content (AvgIpc) is 2.70. The molecule has 2 heteroatoms. The quantitative estimate of drug-likeness (QED) is 0.772. The van der Waals surface area contributed by atoms with Crippen LogP contribution in [0.4, 0.5) is 0 Å². The van der Waals surface area contributed by atoms with Crippen LogP contribution in [0.5, 0.6) is 0 Å². The first kappa shape index (κ1) is 12.4. The Bertz CT molecular complexity index is 205. The Morgan fingerprint density at radius 1 is 1.25 bits per heavy atom. The number of nitrogens with zero attached hydrogens (tertiary/aromatic N) is 1. The minimum Gasteiger partial charge on any atom is -0.317 e. The molecule has 0 aromatic carbocycles. The van der Waals surface area contributed by atoms with Crippen molar-refractivity contribution >= 4 is 0 Å². The van der Waals surface area contributed by atoms with Gasteiger partial charge < -0.3 is 5.32 Å². The molecule has 2 fully saturated rings. The number of hydrogen-bond acceptors (Lipinski definition) is 2. The molecule has 1 heterocycles. The van der Waals surface area contributed by atoms with E-state index in [4.69, 9.17) is 0 Å². The number of likely N-dealkylation sites (tertiary alicyclic amines) is 1. The van der Waals surface area contributed by atoms with Gasteiger partial charge in [-0.15, -0.1) is 0 Å². The zero-order valence-electron chi connectivity index (χ0n) is 11.0. The summed E-state index contributed by atoms with van der Waals surface area (Å²) in [5, 5.41) is 3.47. The van der Waals surface area contributed by atoms with Gasteiger partial charge in [0, 0.05) is 12.6 Å². The molecular formula is C14H28N2. The first-order valence-corrected chi connectivity index (χ1v) is 7.26. The lowest BCUT2D eigenvalue weighted by molar-refractivity contribution is 0.162. The molecular weight excluding hydrogens is 196 g/mol. The predicted molar refractivity (Wildman–Crippen MR) is 69.6 cm³/mol. The summed E-state index contributed by atoms with van der Waals surface area (Å²) in [5.74, 6) is 1.85. The van der Waals surface area contributed by atoms with Crippen LogP contribution in [0.1, 0.15) is 46.0 Å². The van der Waals surface area contributed by atoms with E-state index in [0.717, 1.165) is 24.4 Å². The van der Waals surface area contributed by atoms with Crippen LogP contribution in [-0.4, -0.2) is 37.1 Å². The van der Waals surface area contributed by atoms with E-state index in [-0.39, 0.29) is 0 Å². The van der Waals surface area contributed by atoms with Crippen molar-refractivity contribution in [1.82, 2.24) is 10.2 Å². The minimum absolute atomic E-state index is 0.806. The molecule has 1 saturated carbocycles. The average molecular weight is 224 g/mol. The van der Waals surface area contributed by atoms with E-state index in [9.17, 15) is 0 Å². The van der Waals surface area contributed by atoms with Gasteiger partial charge in [0.2, 0.25) is 0 Å². The summed E-state index contributed by atoms with van der Waals surface area (Å²) in [4.78, 5) is 2.78. The normalized spacial score (nSPS) is 32.6. The van der Waals surface area contributed by atoms with Gasteiger partial charge in [-0.25, -0.2) is 0 Å². The second kappa shape index (κ2) is 6.02. The molecule has 94 valence electrons. The van der Waals surface area contributed by atoms with Crippen LogP contribution in [-0.2, 0) is 0 Å². The molecule has 0 bridgehead atoms. The molecule has 0 radical (unpaired) electrons. The van der Waals surface area contributed by atoms with Crippen molar-refractivity contribution in [2.75, 3.05) is 26.2 Å². The molecule has 16 heavy (non-hydrogen) atoms. The number of rotatable bonds is 5. The topological polar surface area (TPSA) is 15.3 Å². The largest absolute Gasteiger partial charge is 0.317 e. The van der Waals surface area contributed by atoms with Crippen molar-refractivity contribution in [2.24, 2.45) is 11.8 Å². The third-order valence-electron chi connectivity index (χ3n) is 4.41. The fourth-order valence-electron chi connectivity index (χ4n) is 3.59. The first-order chi connectivity index (χ1) is 7.81. The molecule has 2 rings (SSSR count). The molecule has 2 aliphatic rings. The maximum absolute atomic E-state index is 3.47. The van der Waals surface area contributed by atoms with Crippen LogP contribution in [0.25, 0.3) is 0 Å². The summed E-state index contributed by atoms with van der Waals surface area (Å²) >= 11 is 0. The summed E-state index contributed by atoms with van der Waals surface area (Å²) in [6, 6.07) is 0.942. The van der Waals surface area contributed by atoms with E-state index >= 15 is 0 Å². The highest BCUT2D eigenvalue weighted by Gasteiger charge is 2.35. The first-order valence-electron chi connectivity index (χ1n) is 7.26. The lowest BCUT2D eigenvalue weighted by Crippen LogP contribution is -2.39. The Kier molecular flexibility index (Phi) is 4.66. The van der Waals surface area contributed by atoms with Gasteiger partial charge in [0.1, 0.15) is 0 Å². The number of fused-ring (bicyclic) bond motifs is 1. The van der Waals surface area contributed by atoms with Crippen molar-refractivity contribution < 1.29 is 0 Å². The molecule has 1 saturated heterocycles. The van der Waals surface area contributed by atoms with Gasteiger partial charge >= 0.3 is 0 Å². The van der Waals surface area contributed by atoms with E-state index in [1.165, 1.54) is 51.7 Å². The van der Waals surface area contributed by atoms with Crippen molar-refractivity contribution in [3.05, 3.63) is 0 Å². The summed E-state index contributed by atoms with van der Waals surface area (Å²) < 4.78 is 0. The lowest BCUT2D eigenvalue weighted by Gasteiger charge is -2.33. The van der Waals surface area contributed by atoms with Crippen LogP contribution in [0, 0.1) is 11.8 Å². The van der Waals surface area contributed by atoms with E-state index < -0.39 is 0 Å². The Balaban J connectivity index is 1.76. The highest BCUT2D eigenvalue weighted by Crippen LogP contribution is 2.36. The van der Waals surface area contributed by atoms with Gasteiger partial charge in [0.05, 0.1) is 0 Å². The van der Waals surface area contributed by atoms with Gasteiger partial charge in [-0.2, -0.15) is 0 Å². The standard InChI is InChI=1S/C14H28N2/c1-3-15-10-12(2)11-16-9-8-13-6-4-5-7-14(13)16/h12-15H,3-11H2,1-2H3. The molecule has 1 aliphatic heterocycles. The molecule has 0 amide bonds. The SMILES string of the molecule is CCNCC(C)CN1CCC2CCCCC21. The molecule has 1 N–H and O–H groups in total. The van der Waals surface area contributed by atoms with Crippen molar-refractivity contribution in [1.29, 1.82) is 0 Å². The summed E-state index contributed by atoms with van der Waals surface area (Å²) in [6.07, 6.45) is 7.40. The van der Waals surface area contributed by atoms with Gasteiger partial charge in [0.25, 0.3) is 0 Å². The molecule has 3 atom stereocenters. The zero-order valence-corrected chi connectivity index (χ0v) is 11.0. The van der Waals surface area contributed by atoms with Gasteiger partial charge in [0.15, 0.2) is 0 Å². The van der Waals surface area contributed by atoms with Gasteiger partial charge in [-0.3, -0.25) is 4.90 Å². The predicted octanol–water partition coefficient (Wildman–Crippen LogP) is 2.50. The fourth-order valence-corrected chi connectivity index (χ4v) is 3.59. The molecule has 0 aromatic heterocycles. The second-order valence-corrected chi connectivity index (χ2v) is 5.81. The summed E-state index contributed by atoms with van der Waals surface area (Å²) in [7, 11) is 0. The van der Waals surface area contributed by atoms with E-state index in [0.29, 0.717) is 0 Å². The third kappa shape index (κ3) is 2.98. The van der Waals surface area contributed by atoms with Crippen LogP contribution in [0.3, 0.4) is 0 Å². The fraction of sp³-hybridized carbons (Fsp3) is 1.00. The molecule has 0 aromatic rings. The summed E-state index contributed by atoms with van der Waals surface area (Å²) in [6.45, 7) is 9.55. The Morgan fingerprint density at radius 2 is 2.06 bits per heavy atom. The van der Waals surface area contributed by atoms with E-state index in [1.54, 1.807) is 0 Å². The van der Waals surface area contributed by atoms with Crippen LogP contribution in [0.2, 0.25) is 0 Å². The summed E-state index contributed by atoms with van der Waals surface area (Å²) in [5.41, 5.74) is 0. The van der Waals surface area contributed by atoms with E-state index in [2.05, 4.69) is 24.1 Å². The number of hydrogen-bond donors (Lipinski definition) is 1. The maximum Gasteiger partial charge on any atom is 0.0124 e. The Hall–Kier alpha value is -0.0800. The number of nitrogens with one attached hydrogen (secondary N) is 1. The molecule has 1 aliphatic carbocycles. The minimum atomic E-state index is 0.806. The zero-order chi connectivity index (χ0) is 11.4. The molecule has 2 nitrogen and oxygen atoms in total. The van der Waals surface area contributed by atoms with Crippen molar-refractivity contribution in [3.63, 3.8) is 0 Å². The third-order valence-corrected chi connectivity index (χ3v) is 4.41.